The molecule has 0 fully saturated rings. The minimum absolute atomic E-state index is 0.0159. The normalized spacial score (nSPS) is 12.4. The van der Waals surface area contributed by atoms with E-state index in [9.17, 15) is 13.2 Å². The molecule has 0 spiro atoms. The summed E-state index contributed by atoms with van der Waals surface area (Å²) in [6.07, 6.45) is 0.159. The zero-order chi connectivity index (χ0) is 25.6. The average Bonchev–Trinajstić information content (AvgIpc) is 2.83. The summed E-state index contributed by atoms with van der Waals surface area (Å²) < 4.78 is 34.8. The van der Waals surface area contributed by atoms with E-state index in [0.717, 1.165) is 11.1 Å². The van der Waals surface area contributed by atoms with Crippen molar-refractivity contribution in [1.82, 2.24) is 10.0 Å². The fraction of sp³-hybridized carbons (Fsp3) is 0.269. The Morgan fingerprint density at radius 2 is 1.71 bits per heavy atom. The minimum atomic E-state index is -4.10. The van der Waals surface area contributed by atoms with Crippen molar-refractivity contribution in [3.63, 3.8) is 0 Å². The lowest BCUT2D eigenvalue weighted by Gasteiger charge is -2.20. The number of sulfonamides is 1. The van der Waals surface area contributed by atoms with Crippen molar-refractivity contribution in [3.05, 3.63) is 93.5 Å². The van der Waals surface area contributed by atoms with Crippen LogP contribution in [0.25, 0.3) is 0 Å². The largest absolute Gasteiger partial charge is 0.495 e. The molecular weight excluding hydrogens is 507 g/mol. The van der Waals surface area contributed by atoms with Crippen molar-refractivity contribution >= 4 is 39.1 Å². The second-order valence-corrected chi connectivity index (χ2v) is 10.9. The zero-order valence-corrected chi connectivity index (χ0v) is 22.0. The number of halogens is 2. The molecule has 35 heavy (non-hydrogen) atoms. The number of nitrogens with one attached hydrogen (secondary N) is 2. The van der Waals surface area contributed by atoms with Crippen LogP contribution in [-0.2, 0) is 27.8 Å². The topological polar surface area (TPSA) is 84.5 Å². The standard InChI is InChI=1S/C26H28Cl2N2O4S/c1-17(2)19-10-12-24(34-3)25(14-19)35(32,33)30-23(13-18-7-5-4-6-8-18)26(31)29-16-20-9-11-21(27)15-22(20)28/h4-12,14-15,17,23,30H,13,16H2,1-3H3,(H,29,31). The van der Waals surface area contributed by atoms with Crippen LogP contribution >= 0.6 is 23.2 Å². The molecule has 0 aliphatic heterocycles. The molecule has 3 aromatic carbocycles. The second kappa shape index (κ2) is 11.9. The molecule has 0 bridgehead atoms. The number of rotatable bonds is 10. The minimum Gasteiger partial charge on any atom is -0.495 e. The molecule has 1 atom stereocenters. The predicted molar refractivity (Wildman–Crippen MR) is 140 cm³/mol. The molecule has 0 aromatic heterocycles. The molecule has 6 nitrogen and oxygen atoms in total. The molecular formula is C26H28Cl2N2O4S. The molecule has 2 N–H and O–H groups in total. The molecule has 0 saturated heterocycles. The third-order valence-corrected chi connectivity index (χ3v) is 7.59. The van der Waals surface area contributed by atoms with E-state index in [4.69, 9.17) is 27.9 Å². The first-order valence-corrected chi connectivity index (χ1v) is 13.3. The summed E-state index contributed by atoms with van der Waals surface area (Å²) in [7, 11) is -2.69. The Kier molecular flexibility index (Phi) is 9.19. The Morgan fingerprint density at radius 3 is 2.34 bits per heavy atom. The highest BCUT2D eigenvalue weighted by atomic mass is 35.5. The first kappa shape index (κ1) is 27.0. The lowest BCUT2D eigenvalue weighted by atomic mass is 10.0. The van der Waals surface area contributed by atoms with E-state index >= 15 is 0 Å². The Morgan fingerprint density at radius 1 is 1.00 bits per heavy atom. The number of methoxy groups -OCH3 is 1. The van der Waals surface area contributed by atoms with Crippen LogP contribution in [0.4, 0.5) is 0 Å². The summed E-state index contributed by atoms with van der Waals surface area (Å²) in [6.45, 7) is 4.06. The maximum Gasteiger partial charge on any atom is 0.245 e. The first-order valence-electron chi connectivity index (χ1n) is 11.1. The molecule has 0 heterocycles. The van der Waals surface area contributed by atoms with Gasteiger partial charge in [0.2, 0.25) is 15.9 Å². The molecule has 1 unspecified atom stereocenters. The summed E-state index contributed by atoms with van der Waals surface area (Å²) in [5.74, 6) is -0.168. The molecule has 0 saturated carbocycles. The summed E-state index contributed by atoms with van der Waals surface area (Å²) >= 11 is 12.2. The van der Waals surface area contributed by atoms with Gasteiger partial charge >= 0.3 is 0 Å². The number of ether oxygens (including phenoxy) is 1. The molecule has 186 valence electrons. The van der Waals surface area contributed by atoms with Crippen LogP contribution in [0.3, 0.4) is 0 Å². The molecule has 0 aliphatic rings. The van der Waals surface area contributed by atoms with Gasteiger partial charge in [0.15, 0.2) is 0 Å². The predicted octanol–water partition coefficient (Wildman–Crippen LogP) is 5.33. The Hall–Kier alpha value is -2.58. The van der Waals surface area contributed by atoms with Gasteiger partial charge in [-0.2, -0.15) is 4.72 Å². The van der Waals surface area contributed by atoms with Gasteiger partial charge in [0, 0.05) is 16.6 Å². The number of hydrogen-bond donors (Lipinski definition) is 2. The summed E-state index contributed by atoms with van der Waals surface area (Å²) in [6, 6.07) is 18.1. The van der Waals surface area contributed by atoms with Crippen molar-refractivity contribution < 1.29 is 17.9 Å². The molecule has 3 aromatic rings. The molecule has 0 aliphatic carbocycles. The van der Waals surface area contributed by atoms with Crippen LogP contribution in [0.1, 0.15) is 36.5 Å². The van der Waals surface area contributed by atoms with Crippen molar-refractivity contribution in [1.29, 1.82) is 0 Å². The van der Waals surface area contributed by atoms with Crippen molar-refractivity contribution in [2.24, 2.45) is 0 Å². The highest BCUT2D eigenvalue weighted by Crippen LogP contribution is 2.28. The maximum absolute atomic E-state index is 13.5. The molecule has 9 heteroatoms. The summed E-state index contributed by atoms with van der Waals surface area (Å²) in [5.41, 5.74) is 2.31. The van der Waals surface area contributed by atoms with Gasteiger partial charge in [0.25, 0.3) is 0 Å². The number of carbonyl (C=O) groups excluding carboxylic acids is 1. The number of amides is 1. The van der Waals surface area contributed by atoms with Gasteiger partial charge in [-0.15, -0.1) is 0 Å². The van der Waals surface area contributed by atoms with Gasteiger partial charge in [-0.05, 0) is 53.3 Å². The summed E-state index contributed by atoms with van der Waals surface area (Å²) in [5, 5.41) is 3.68. The highest BCUT2D eigenvalue weighted by molar-refractivity contribution is 7.89. The van der Waals surface area contributed by atoms with Gasteiger partial charge in [-0.25, -0.2) is 8.42 Å². The Labute approximate surface area is 216 Å². The lowest BCUT2D eigenvalue weighted by Crippen LogP contribution is -2.47. The monoisotopic (exact) mass is 534 g/mol. The fourth-order valence-corrected chi connectivity index (χ4v) is 5.40. The number of carbonyl (C=O) groups is 1. The Balaban J connectivity index is 1.89. The van der Waals surface area contributed by atoms with Gasteiger partial charge in [-0.3, -0.25) is 4.79 Å². The maximum atomic E-state index is 13.5. The SMILES string of the molecule is COc1ccc(C(C)C)cc1S(=O)(=O)NC(Cc1ccccc1)C(=O)NCc1ccc(Cl)cc1Cl. The number of hydrogen-bond acceptors (Lipinski definition) is 4. The van der Waals surface area contributed by atoms with Crippen molar-refractivity contribution in [2.75, 3.05) is 7.11 Å². The zero-order valence-electron chi connectivity index (χ0n) is 19.7. The molecule has 3 rings (SSSR count). The van der Waals surface area contributed by atoms with Gasteiger partial charge in [0.1, 0.15) is 16.7 Å². The average molecular weight is 535 g/mol. The smallest absolute Gasteiger partial charge is 0.245 e. The quantitative estimate of drug-likeness (QED) is 0.368. The van der Waals surface area contributed by atoms with Crippen LogP contribution in [0.2, 0.25) is 10.0 Å². The third kappa shape index (κ3) is 7.21. The van der Waals surface area contributed by atoms with Gasteiger partial charge in [-0.1, -0.05) is 79.5 Å². The van der Waals surface area contributed by atoms with E-state index < -0.39 is 22.0 Å². The van der Waals surface area contributed by atoms with Gasteiger partial charge < -0.3 is 10.1 Å². The second-order valence-electron chi connectivity index (χ2n) is 8.38. The fourth-order valence-electron chi connectivity index (χ4n) is 3.52. The highest BCUT2D eigenvalue weighted by Gasteiger charge is 2.29. The Bertz CT molecular complexity index is 1280. The van der Waals surface area contributed by atoms with E-state index in [1.165, 1.54) is 7.11 Å². The third-order valence-electron chi connectivity index (χ3n) is 5.51. The van der Waals surface area contributed by atoms with E-state index in [-0.39, 0.29) is 29.5 Å². The van der Waals surface area contributed by atoms with Crippen molar-refractivity contribution in [3.8, 4) is 5.75 Å². The molecule has 0 radical (unpaired) electrons. The van der Waals surface area contributed by atoms with E-state index in [1.54, 1.807) is 30.3 Å². The van der Waals surface area contributed by atoms with Gasteiger partial charge in [0.05, 0.1) is 7.11 Å². The van der Waals surface area contributed by atoms with E-state index in [2.05, 4.69) is 10.0 Å². The van der Waals surface area contributed by atoms with Crippen LogP contribution in [0.5, 0.6) is 5.75 Å². The lowest BCUT2D eigenvalue weighted by molar-refractivity contribution is -0.122. The van der Waals surface area contributed by atoms with Crippen LogP contribution in [0.15, 0.2) is 71.6 Å². The first-order chi connectivity index (χ1) is 16.6. The van der Waals surface area contributed by atoms with Crippen molar-refractivity contribution in [2.45, 2.75) is 43.7 Å². The van der Waals surface area contributed by atoms with E-state index in [0.29, 0.717) is 15.6 Å². The van der Waals surface area contributed by atoms with Crippen LogP contribution < -0.4 is 14.8 Å². The van der Waals surface area contributed by atoms with E-state index in [1.807, 2.05) is 50.2 Å². The molecule has 1 amide bonds. The van der Waals surface area contributed by atoms with Crippen LogP contribution in [0, 0.1) is 0 Å². The van der Waals surface area contributed by atoms with Crippen LogP contribution in [-0.4, -0.2) is 27.5 Å². The summed E-state index contributed by atoms with van der Waals surface area (Å²) in [4.78, 5) is 13.2. The number of benzene rings is 3.